The van der Waals surface area contributed by atoms with Crippen molar-refractivity contribution in [2.24, 2.45) is 11.3 Å². The van der Waals surface area contributed by atoms with Gasteiger partial charge < -0.3 is 14.9 Å². The summed E-state index contributed by atoms with van der Waals surface area (Å²) in [6.45, 7) is 2.84. The third-order valence-electron chi connectivity index (χ3n) is 4.61. The number of aromatic hydroxyl groups is 1. The Kier molecular flexibility index (Phi) is 3.11. The molecule has 3 nitrogen and oxygen atoms in total. The van der Waals surface area contributed by atoms with Crippen molar-refractivity contribution in [3.8, 4) is 5.75 Å². The highest BCUT2D eigenvalue weighted by molar-refractivity contribution is 5.36. The second kappa shape index (κ2) is 4.66. The number of phenolic OH excluding ortho intramolecular Hbond substituents is 1. The molecule has 0 aromatic heterocycles. The number of benzene rings is 1. The van der Waals surface area contributed by atoms with Gasteiger partial charge in [-0.05, 0) is 25.8 Å². The predicted molar refractivity (Wildman–Crippen MR) is 72.8 cm³/mol. The maximum atomic E-state index is 10.0. The molecule has 0 spiro atoms. The molecule has 2 unspecified atom stereocenters. The van der Waals surface area contributed by atoms with E-state index in [9.17, 15) is 10.2 Å². The van der Waals surface area contributed by atoms with Gasteiger partial charge in [0.2, 0.25) is 0 Å². The Labute approximate surface area is 113 Å². The first-order chi connectivity index (χ1) is 9.15. The average molecular weight is 260 g/mol. The lowest BCUT2D eigenvalue weighted by Gasteiger charge is -2.47. The lowest BCUT2D eigenvalue weighted by Crippen LogP contribution is -2.43. The number of hydrogen-bond donors (Lipinski definition) is 2. The Morgan fingerprint density at radius 2 is 2.16 bits per heavy atom. The zero-order valence-corrected chi connectivity index (χ0v) is 11.2. The van der Waals surface area contributed by atoms with E-state index in [4.69, 9.17) is 4.74 Å². The van der Waals surface area contributed by atoms with Crippen LogP contribution in [-0.2, 0) is 4.74 Å². The van der Waals surface area contributed by atoms with Crippen LogP contribution in [0.2, 0.25) is 0 Å². The summed E-state index contributed by atoms with van der Waals surface area (Å²) >= 11 is 0. The molecule has 1 aromatic carbocycles. The summed E-state index contributed by atoms with van der Waals surface area (Å²) in [5.41, 5.74) is 2.04. The van der Waals surface area contributed by atoms with Gasteiger partial charge in [-0.2, -0.15) is 0 Å². The molecule has 0 radical (unpaired) electrons. The summed E-state index contributed by atoms with van der Waals surface area (Å²) in [4.78, 5) is 0. The highest BCUT2D eigenvalue weighted by Crippen LogP contribution is 2.51. The summed E-state index contributed by atoms with van der Waals surface area (Å²) < 4.78 is 6.02. The van der Waals surface area contributed by atoms with Gasteiger partial charge in [0.1, 0.15) is 5.75 Å². The van der Waals surface area contributed by atoms with E-state index >= 15 is 0 Å². The Balaban J connectivity index is 1.96. The van der Waals surface area contributed by atoms with Gasteiger partial charge in [-0.3, -0.25) is 0 Å². The number of fused-ring (bicyclic) bond motifs is 2. The van der Waals surface area contributed by atoms with Crippen molar-refractivity contribution in [3.63, 3.8) is 0 Å². The van der Waals surface area contributed by atoms with Crippen molar-refractivity contribution >= 4 is 0 Å². The quantitative estimate of drug-likeness (QED) is 0.804. The molecule has 1 fully saturated rings. The van der Waals surface area contributed by atoms with Gasteiger partial charge in [0.25, 0.3) is 0 Å². The first kappa shape index (κ1) is 12.7. The number of allylic oxidation sites excluding steroid dienone is 1. The van der Waals surface area contributed by atoms with Gasteiger partial charge in [0.05, 0.1) is 19.3 Å². The molecule has 3 rings (SSSR count). The van der Waals surface area contributed by atoms with Gasteiger partial charge in [-0.25, -0.2) is 0 Å². The summed E-state index contributed by atoms with van der Waals surface area (Å²) in [5.74, 6) is 0.547. The van der Waals surface area contributed by atoms with E-state index < -0.39 is 0 Å². The maximum Gasteiger partial charge on any atom is 0.121 e. The van der Waals surface area contributed by atoms with Crippen LogP contribution in [0.15, 0.2) is 35.9 Å². The summed E-state index contributed by atoms with van der Waals surface area (Å²) in [5, 5.41) is 19.7. The number of aliphatic hydroxyl groups excluding tert-OH is 1. The molecule has 0 saturated carbocycles. The van der Waals surface area contributed by atoms with Gasteiger partial charge in [0, 0.05) is 16.9 Å². The molecule has 3 atom stereocenters. The highest BCUT2D eigenvalue weighted by Gasteiger charge is 2.45. The van der Waals surface area contributed by atoms with E-state index in [1.54, 1.807) is 6.07 Å². The Hall–Kier alpha value is -1.32. The Morgan fingerprint density at radius 3 is 2.89 bits per heavy atom. The van der Waals surface area contributed by atoms with E-state index in [-0.39, 0.29) is 24.0 Å². The lowest BCUT2D eigenvalue weighted by molar-refractivity contribution is -0.114. The molecule has 1 aliphatic carbocycles. The molecule has 2 bridgehead atoms. The summed E-state index contributed by atoms with van der Waals surface area (Å²) in [6.07, 6.45) is 3.95. The molecular formula is C16H20O3. The van der Waals surface area contributed by atoms with E-state index in [0.29, 0.717) is 12.4 Å². The van der Waals surface area contributed by atoms with E-state index in [2.05, 4.69) is 13.0 Å². The average Bonchev–Trinajstić information content (AvgIpc) is 2.45. The fourth-order valence-electron chi connectivity index (χ4n) is 3.30. The minimum atomic E-state index is -0.120. The molecule has 2 N–H and O–H groups in total. The van der Waals surface area contributed by atoms with Gasteiger partial charge in [-0.1, -0.05) is 29.8 Å². The molecule has 3 heteroatoms. The zero-order valence-electron chi connectivity index (χ0n) is 11.2. The van der Waals surface area contributed by atoms with Crippen molar-refractivity contribution in [3.05, 3.63) is 41.5 Å². The highest BCUT2D eigenvalue weighted by atomic mass is 16.5. The Morgan fingerprint density at radius 1 is 1.37 bits per heavy atom. The number of hydrogen-bond acceptors (Lipinski definition) is 3. The SMILES string of the molecule is CC1=CC[C@@]2(CO)COC(c3ccccc3O)C1C2. The molecule has 1 aromatic rings. The number of ether oxygens (including phenoxy) is 1. The first-order valence-electron chi connectivity index (χ1n) is 6.82. The van der Waals surface area contributed by atoms with Crippen molar-refractivity contribution < 1.29 is 14.9 Å². The number of para-hydroxylation sites is 1. The van der Waals surface area contributed by atoms with Crippen LogP contribution in [0.4, 0.5) is 0 Å². The van der Waals surface area contributed by atoms with Crippen molar-refractivity contribution in [2.45, 2.75) is 25.9 Å². The first-order valence-corrected chi connectivity index (χ1v) is 6.82. The fraction of sp³-hybridized carbons (Fsp3) is 0.500. The molecule has 0 amide bonds. The smallest absolute Gasteiger partial charge is 0.121 e. The monoisotopic (exact) mass is 260 g/mol. The van der Waals surface area contributed by atoms with E-state index in [1.807, 2.05) is 18.2 Å². The molecule has 1 saturated heterocycles. The van der Waals surface area contributed by atoms with Crippen LogP contribution < -0.4 is 0 Å². The number of aliphatic hydroxyl groups is 1. The second-order valence-corrected chi connectivity index (χ2v) is 5.91. The Bertz CT molecular complexity index is 508. The van der Waals surface area contributed by atoms with E-state index in [0.717, 1.165) is 18.4 Å². The van der Waals surface area contributed by atoms with Gasteiger partial charge in [-0.15, -0.1) is 0 Å². The van der Waals surface area contributed by atoms with Crippen molar-refractivity contribution in [1.29, 1.82) is 0 Å². The van der Waals surface area contributed by atoms with Crippen molar-refractivity contribution in [2.75, 3.05) is 13.2 Å². The van der Waals surface area contributed by atoms with Gasteiger partial charge in [0.15, 0.2) is 0 Å². The van der Waals surface area contributed by atoms with Crippen LogP contribution in [0.3, 0.4) is 0 Å². The number of phenols is 1. The minimum Gasteiger partial charge on any atom is -0.508 e. The minimum absolute atomic E-state index is 0.0996. The van der Waals surface area contributed by atoms with Crippen LogP contribution in [0.5, 0.6) is 5.75 Å². The molecule has 1 heterocycles. The number of rotatable bonds is 2. The topological polar surface area (TPSA) is 49.7 Å². The molecule has 1 aliphatic heterocycles. The summed E-state index contributed by atoms with van der Waals surface area (Å²) in [6, 6.07) is 7.37. The van der Waals surface area contributed by atoms with Crippen LogP contribution in [0.25, 0.3) is 0 Å². The third-order valence-corrected chi connectivity index (χ3v) is 4.61. The van der Waals surface area contributed by atoms with Crippen LogP contribution >= 0.6 is 0 Å². The molecule has 2 aliphatic rings. The van der Waals surface area contributed by atoms with Crippen LogP contribution in [-0.4, -0.2) is 23.4 Å². The van der Waals surface area contributed by atoms with Crippen molar-refractivity contribution in [1.82, 2.24) is 0 Å². The zero-order chi connectivity index (χ0) is 13.5. The molecular weight excluding hydrogens is 240 g/mol. The summed E-state index contributed by atoms with van der Waals surface area (Å²) in [7, 11) is 0. The normalized spacial score (nSPS) is 33.9. The van der Waals surface area contributed by atoms with E-state index in [1.165, 1.54) is 5.57 Å². The van der Waals surface area contributed by atoms with Crippen LogP contribution in [0, 0.1) is 11.3 Å². The molecule has 102 valence electrons. The largest absolute Gasteiger partial charge is 0.508 e. The third kappa shape index (κ3) is 2.07. The molecule has 19 heavy (non-hydrogen) atoms. The standard InChI is InChI=1S/C16H20O3/c1-11-6-7-16(9-17)8-13(11)15(19-10-16)12-4-2-3-5-14(12)18/h2-6,13,15,17-18H,7-10H2,1H3/t13?,15?,16-/m1/s1. The maximum absolute atomic E-state index is 10.0. The van der Waals surface area contributed by atoms with Gasteiger partial charge >= 0.3 is 0 Å². The predicted octanol–water partition coefficient (Wildman–Crippen LogP) is 2.80. The fourth-order valence-corrected chi connectivity index (χ4v) is 3.30. The van der Waals surface area contributed by atoms with Crippen LogP contribution in [0.1, 0.15) is 31.4 Å². The second-order valence-electron chi connectivity index (χ2n) is 5.91. The lowest BCUT2D eigenvalue weighted by atomic mass is 9.66.